The van der Waals surface area contributed by atoms with Crippen LogP contribution in [0.3, 0.4) is 0 Å². The van der Waals surface area contributed by atoms with Crippen LogP contribution in [0.1, 0.15) is 31.8 Å². The minimum Gasteiger partial charge on any atom is -0.490 e. The summed E-state index contributed by atoms with van der Waals surface area (Å²) in [7, 11) is 0. The van der Waals surface area contributed by atoms with Crippen molar-refractivity contribution in [2.24, 2.45) is 5.73 Å². The first-order chi connectivity index (χ1) is 18.1. The van der Waals surface area contributed by atoms with E-state index < -0.39 is 5.91 Å². The van der Waals surface area contributed by atoms with Gasteiger partial charge < -0.3 is 15.2 Å². The third-order valence-electron chi connectivity index (χ3n) is 5.79. The Morgan fingerprint density at radius 2 is 1.22 bits per heavy atom. The van der Waals surface area contributed by atoms with Crippen molar-refractivity contribution in [3.05, 3.63) is 131 Å². The summed E-state index contributed by atoms with van der Waals surface area (Å²) < 4.78 is 11.4. The highest BCUT2D eigenvalue weighted by atomic mass is 16.5. The van der Waals surface area contributed by atoms with Crippen molar-refractivity contribution in [2.45, 2.75) is 13.1 Å². The van der Waals surface area contributed by atoms with E-state index in [-0.39, 0.29) is 24.5 Å². The molecule has 1 amide bonds. The number of amides is 1. The largest absolute Gasteiger partial charge is 0.490 e. The molecule has 0 radical (unpaired) electrons. The van der Waals surface area contributed by atoms with Crippen LogP contribution in [0.15, 0.2) is 109 Å². The Hall–Kier alpha value is -4.42. The van der Waals surface area contributed by atoms with Crippen LogP contribution >= 0.6 is 0 Å². The van der Waals surface area contributed by atoms with Crippen LogP contribution in [0.5, 0.6) is 11.5 Å². The lowest BCUT2D eigenvalue weighted by atomic mass is 10.0. The number of benzene rings is 4. The Balaban J connectivity index is 1.43. The summed E-state index contributed by atoms with van der Waals surface area (Å²) in [5, 5.41) is 0. The molecule has 0 saturated carbocycles. The number of nitrogens with zero attached hydrogens (tertiary/aromatic N) is 1. The lowest BCUT2D eigenvalue weighted by Crippen LogP contribution is -2.29. The van der Waals surface area contributed by atoms with Gasteiger partial charge in [0.2, 0.25) is 0 Å². The van der Waals surface area contributed by atoms with Crippen LogP contribution in [-0.2, 0) is 13.1 Å². The predicted molar refractivity (Wildman–Crippen MR) is 144 cm³/mol. The zero-order valence-electron chi connectivity index (χ0n) is 20.6. The second kappa shape index (κ2) is 13.0. The molecule has 2 N–H and O–H groups in total. The smallest absolute Gasteiger partial charge is 0.252 e. The monoisotopic (exact) mass is 494 g/mol. The molecule has 37 heavy (non-hydrogen) atoms. The van der Waals surface area contributed by atoms with Crippen molar-refractivity contribution in [1.29, 1.82) is 0 Å². The second-order valence-electron chi connectivity index (χ2n) is 8.62. The van der Waals surface area contributed by atoms with Crippen LogP contribution in [0.25, 0.3) is 0 Å². The van der Waals surface area contributed by atoms with E-state index in [2.05, 4.69) is 4.90 Å². The van der Waals surface area contributed by atoms with Gasteiger partial charge in [-0.3, -0.25) is 14.5 Å². The van der Waals surface area contributed by atoms with Crippen molar-refractivity contribution >= 4 is 11.7 Å². The maximum absolute atomic E-state index is 13.3. The van der Waals surface area contributed by atoms with Crippen molar-refractivity contribution in [3.63, 3.8) is 0 Å². The average molecular weight is 495 g/mol. The number of primary amides is 1. The number of para-hydroxylation sites is 1. The molecule has 0 atom stereocenters. The van der Waals surface area contributed by atoms with Crippen LogP contribution in [0, 0.1) is 0 Å². The standard InChI is InChI=1S/C31H30N2O4/c32-31(35)28-20-26(16-17-30(28)37-19-18-36-27-14-8-3-9-15-27)29(34)23-33(21-24-10-4-1-5-11-24)22-25-12-6-2-7-13-25/h1-17,20H,18-19,21-23H2,(H2,32,35). The van der Waals surface area contributed by atoms with Gasteiger partial charge in [-0.2, -0.15) is 0 Å². The molecular formula is C31H30N2O4. The third-order valence-corrected chi connectivity index (χ3v) is 5.79. The molecule has 0 saturated heterocycles. The maximum Gasteiger partial charge on any atom is 0.252 e. The van der Waals surface area contributed by atoms with Crippen molar-refractivity contribution in [3.8, 4) is 11.5 Å². The van der Waals surface area contributed by atoms with Crippen molar-refractivity contribution in [1.82, 2.24) is 4.90 Å². The molecule has 0 aliphatic carbocycles. The summed E-state index contributed by atoms with van der Waals surface area (Å²) in [4.78, 5) is 27.5. The zero-order valence-corrected chi connectivity index (χ0v) is 20.6. The minimum atomic E-state index is -0.654. The molecule has 0 aliphatic heterocycles. The number of Topliss-reactive ketones (excluding diaryl/α,β-unsaturated/α-hetero) is 1. The lowest BCUT2D eigenvalue weighted by Gasteiger charge is -2.22. The van der Waals surface area contributed by atoms with Crippen LogP contribution in [-0.4, -0.2) is 36.3 Å². The molecular weight excluding hydrogens is 464 g/mol. The Labute approximate surface area is 217 Å². The second-order valence-corrected chi connectivity index (χ2v) is 8.62. The Bertz CT molecular complexity index is 1250. The molecule has 0 spiro atoms. The number of ketones is 1. The topological polar surface area (TPSA) is 81.9 Å². The molecule has 4 aromatic rings. The first-order valence-corrected chi connectivity index (χ1v) is 12.2. The summed E-state index contributed by atoms with van der Waals surface area (Å²) >= 11 is 0. The van der Waals surface area contributed by atoms with Crippen LogP contribution in [0.4, 0.5) is 0 Å². The average Bonchev–Trinajstić information content (AvgIpc) is 2.92. The van der Waals surface area contributed by atoms with Gasteiger partial charge >= 0.3 is 0 Å². The molecule has 6 nitrogen and oxygen atoms in total. The minimum absolute atomic E-state index is 0.103. The number of carbonyl (C=O) groups excluding carboxylic acids is 2. The highest BCUT2D eigenvalue weighted by Gasteiger charge is 2.18. The van der Waals surface area contributed by atoms with Gasteiger partial charge in [-0.05, 0) is 41.5 Å². The number of nitrogens with two attached hydrogens (primary N) is 1. The third kappa shape index (κ3) is 7.78. The Morgan fingerprint density at radius 3 is 1.78 bits per heavy atom. The number of hydrogen-bond donors (Lipinski definition) is 1. The van der Waals surface area contributed by atoms with Gasteiger partial charge in [0.25, 0.3) is 5.91 Å². The summed E-state index contributed by atoms with van der Waals surface area (Å²) in [6, 6.07) is 34.3. The SMILES string of the molecule is NC(=O)c1cc(C(=O)CN(Cc2ccccc2)Cc2ccccc2)ccc1OCCOc1ccccc1. The van der Waals surface area contributed by atoms with E-state index in [1.165, 1.54) is 6.07 Å². The number of hydrogen-bond acceptors (Lipinski definition) is 5. The van der Waals surface area contributed by atoms with Gasteiger partial charge in [0.1, 0.15) is 24.7 Å². The summed E-state index contributed by atoms with van der Waals surface area (Å²) in [5.41, 5.74) is 8.42. The molecule has 0 bridgehead atoms. The van der Waals surface area contributed by atoms with E-state index in [1.807, 2.05) is 91.0 Å². The van der Waals surface area contributed by atoms with Crippen molar-refractivity contribution < 1.29 is 19.1 Å². The Kier molecular flexibility index (Phi) is 9.05. The van der Waals surface area contributed by atoms with Crippen LogP contribution < -0.4 is 15.2 Å². The fourth-order valence-corrected chi connectivity index (χ4v) is 4.00. The first-order valence-electron chi connectivity index (χ1n) is 12.2. The van der Waals surface area contributed by atoms with Gasteiger partial charge in [-0.25, -0.2) is 0 Å². The van der Waals surface area contributed by atoms with E-state index in [9.17, 15) is 9.59 Å². The van der Waals surface area contributed by atoms with E-state index in [0.717, 1.165) is 16.9 Å². The molecule has 0 aliphatic rings. The fourth-order valence-electron chi connectivity index (χ4n) is 4.00. The highest BCUT2D eigenvalue weighted by Crippen LogP contribution is 2.21. The van der Waals surface area contributed by atoms with Gasteiger partial charge in [0, 0.05) is 18.7 Å². The van der Waals surface area contributed by atoms with Crippen molar-refractivity contribution in [2.75, 3.05) is 19.8 Å². The molecule has 0 fully saturated rings. The molecule has 0 aromatic heterocycles. The molecule has 4 rings (SSSR count). The van der Waals surface area contributed by atoms with Crippen LogP contribution in [0.2, 0.25) is 0 Å². The number of rotatable bonds is 13. The quantitative estimate of drug-likeness (QED) is 0.206. The number of carbonyl (C=O) groups is 2. The maximum atomic E-state index is 13.3. The zero-order chi connectivity index (χ0) is 25.9. The summed E-state index contributed by atoms with van der Waals surface area (Å²) in [5.74, 6) is 0.302. The van der Waals surface area contributed by atoms with Gasteiger partial charge in [-0.1, -0.05) is 78.9 Å². The fraction of sp³-hybridized carbons (Fsp3) is 0.161. The van der Waals surface area contributed by atoms with Gasteiger partial charge in [0.05, 0.1) is 12.1 Å². The Morgan fingerprint density at radius 1 is 0.676 bits per heavy atom. The van der Waals surface area contributed by atoms with E-state index >= 15 is 0 Å². The first kappa shape index (κ1) is 25.7. The van der Waals surface area contributed by atoms with E-state index in [0.29, 0.717) is 31.0 Å². The number of ether oxygens (including phenoxy) is 2. The predicted octanol–water partition coefficient (Wildman–Crippen LogP) is 5.13. The molecule has 0 heterocycles. The molecule has 188 valence electrons. The highest BCUT2D eigenvalue weighted by molar-refractivity contribution is 6.02. The van der Waals surface area contributed by atoms with E-state index in [4.69, 9.17) is 15.2 Å². The summed E-state index contributed by atoms with van der Waals surface area (Å²) in [6.45, 7) is 1.95. The lowest BCUT2D eigenvalue weighted by molar-refractivity contribution is 0.0920. The van der Waals surface area contributed by atoms with Gasteiger partial charge in [-0.15, -0.1) is 0 Å². The summed E-state index contributed by atoms with van der Waals surface area (Å²) in [6.07, 6.45) is 0. The molecule has 0 unspecified atom stereocenters. The normalized spacial score (nSPS) is 10.7. The van der Waals surface area contributed by atoms with E-state index in [1.54, 1.807) is 12.1 Å². The molecule has 4 aromatic carbocycles. The van der Waals surface area contributed by atoms with Gasteiger partial charge in [0.15, 0.2) is 5.78 Å². The molecule has 6 heteroatoms.